The van der Waals surface area contributed by atoms with Crippen molar-refractivity contribution >= 4 is 34.8 Å². The number of rotatable bonds is 1. The summed E-state index contributed by atoms with van der Waals surface area (Å²) in [7, 11) is 0. The summed E-state index contributed by atoms with van der Waals surface area (Å²) in [6, 6.07) is 11.1. The highest BCUT2D eigenvalue weighted by atomic mass is 35.5. The largest absolute Gasteiger partial charge is 0.0843 e. The van der Waals surface area contributed by atoms with E-state index >= 15 is 0 Å². The van der Waals surface area contributed by atoms with E-state index in [9.17, 15) is 0 Å². The Morgan fingerprint density at radius 2 is 1.38 bits per heavy atom. The van der Waals surface area contributed by atoms with Crippen molar-refractivity contribution in [3.63, 3.8) is 0 Å². The van der Waals surface area contributed by atoms with Crippen molar-refractivity contribution in [2.45, 2.75) is 6.92 Å². The van der Waals surface area contributed by atoms with Crippen molar-refractivity contribution in [3.8, 4) is 11.1 Å². The lowest BCUT2D eigenvalue weighted by Gasteiger charge is -2.09. The first-order valence-corrected chi connectivity index (χ1v) is 5.93. The summed E-state index contributed by atoms with van der Waals surface area (Å²) in [5.74, 6) is 0. The fourth-order valence-electron chi connectivity index (χ4n) is 1.63. The molecule has 0 radical (unpaired) electrons. The summed E-state index contributed by atoms with van der Waals surface area (Å²) >= 11 is 18.0. The van der Waals surface area contributed by atoms with Crippen molar-refractivity contribution in [2.75, 3.05) is 0 Å². The average molecular weight is 272 g/mol. The topological polar surface area (TPSA) is 0 Å². The van der Waals surface area contributed by atoms with Crippen LogP contribution in [-0.4, -0.2) is 0 Å². The van der Waals surface area contributed by atoms with Gasteiger partial charge in [0.1, 0.15) is 0 Å². The molecule has 0 aliphatic heterocycles. The average Bonchev–Trinajstić information content (AvgIpc) is 2.22. The highest BCUT2D eigenvalue weighted by molar-refractivity contribution is 6.35. The monoisotopic (exact) mass is 270 g/mol. The Morgan fingerprint density at radius 3 is 2.06 bits per heavy atom. The summed E-state index contributed by atoms with van der Waals surface area (Å²) < 4.78 is 0. The van der Waals surface area contributed by atoms with Gasteiger partial charge < -0.3 is 0 Å². The fraction of sp³-hybridized carbons (Fsp3) is 0.0769. The standard InChI is InChI=1S/C13H9Cl3/c1-8-6-9(14)2-4-11(8)12-7-10(15)3-5-13(12)16/h2-7H,1H3. The van der Waals surface area contributed by atoms with Crippen molar-refractivity contribution in [1.82, 2.24) is 0 Å². The smallest absolute Gasteiger partial charge is 0.0485 e. The van der Waals surface area contributed by atoms with Crippen LogP contribution in [0.5, 0.6) is 0 Å². The summed E-state index contributed by atoms with van der Waals surface area (Å²) in [6.45, 7) is 2.00. The van der Waals surface area contributed by atoms with Crippen LogP contribution in [-0.2, 0) is 0 Å². The molecule has 0 N–H and O–H groups in total. The second-order valence-electron chi connectivity index (χ2n) is 3.58. The normalized spacial score (nSPS) is 10.5. The molecule has 2 aromatic rings. The summed E-state index contributed by atoms with van der Waals surface area (Å²) in [5.41, 5.74) is 3.07. The molecule has 0 saturated carbocycles. The second-order valence-corrected chi connectivity index (χ2v) is 4.86. The Balaban J connectivity index is 2.62. The molecular formula is C13H9Cl3. The minimum absolute atomic E-state index is 0.675. The van der Waals surface area contributed by atoms with E-state index in [1.807, 2.05) is 31.2 Å². The summed E-state index contributed by atoms with van der Waals surface area (Å²) in [6.07, 6.45) is 0. The Hall–Kier alpha value is -0.690. The minimum atomic E-state index is 0.675. The van der Waals surface area contributed by atoms with Gasteiger partial charge in [0.15, 0.2) is 0 Å². The van der Waals surface area contributed by atoms with Gasteiger partial charge in [0.05, 0.1) is 0 Å². The highest BCUT2D eigenvalue weighted by Crippen LogP contribution is 2.33. The van der Waals surface area contributed by atoms with Gasteiger partial charge in [-0.15, -0.1) is 0 Å². The molecule has 0 aliphatic carbocycles. The molecule has 0 saturated heterocycles. The quantitative estimate of drug-likeness (QED) is 0.631. The van der Waals surface area contributed by atoms with E-state index in [1.54, 1.807) is 12.1 Å². The Kier molecular flexibility index (Phi) is 3.44. The van der Waals surface area contributed by atoms with Gasteiger partial charge in [-0.1, -0.05) is 40.9 Å². The lowest BCUT2D eigenvalue weighted by molar-refractivity contribution is 1.46. The van der Waals surface area contributed by atoms with Gasteiger partial charge in [0.25, 0.3) is 0 Å². The predicted molar refractivity (Wildman–Crippen MR) is 71.6 cm³/mol. The van der Waals surface area contributed by atoms with Gasteiger partial charge in [-0.2, -0.15) is 0 Å². The molecule has 0 aliphatic rings. The van der Waals surface area contributed by atoms with E-state index in [2.05, 4.69) is 0 Å². The van der Waals surface area contributed by atoms with Gasteiger partial charge >= 0.3 is 0 Å². The van der Waals surface area contributed by atoms with Crippen molar-refractivity contribution < 1.29 is 0 Å². The molecular weight excluding hydrogens is 263 g/mol. The molecule has 0 bridgehead atoms. The molecule has 16 heavy (non-hydrogen) atoms. The first-order valence-electron chi connectivity index (χ1n) is 4.79. The Morgan fingerprint density at radius 1 is 0.750 bits per heavy atom. The molecule has 0 heterocycles. The third-order valence-corrected chi connectivity index (χ3v) is 3.21. The van der Waals surface area contributed by atoms with Crippen LogP contribution in [0.3, 0.4) is 0 Å². The van der Waals surface area contributed by atoms with Crippen molar-refractivity contribution in [3.05, 3.63) is 57.0 Å². The maximum atomic E-state index is 6.15. The van der Waals surface area contributed by atoms with Crippen LogP contribution in [0.2, 0.25) is 15.1 Å². The van der Waals surface area contributed by atoms with Crippen LogP contribution in [0.15, 0.2) is 36.4 Å². The molecule has 0 spiro atoms. The molecule has 3 heteroatoms. The van der Waals surface area contributed by atoms with Crippen LogP contribution in [0.1, 0.15) is 5.56 Å². The lowest BCUT2D eigenvalue weighted by atomic mass is 10.0. The van der Waals surface area contributed by atoms with E-state index in [0.717, 1.165) is 21.7 Å². The molecule has 2 rings (SSSR count). The van der Waals surface area contributed by atoms with Gasteiger partial charge in [-0.3, -0.25) is 0 Å². The molecule has 0 amide bonds. The molecule has 2 aromatic carbocycles. The lowest BCUT2D eigenvalue weighted by Crippen LogP contribution is -1.84. The molecule has 82 valence electrons. The van der Waals surface area contributed by atoms with Crippen LogP contribution in [0, 0.1) is 6.92 Å². The predicted octanol–water partition coefficient (Wildman–Crippen LogP) is 5.62. The van der Waals surface area contributed by atoms with Gasteiger partial charge in [0.2, 0.25) is 0 Å². The fourth-order valence-corrected chi connectivity index (χ4v) is 2.25. The number of aryl methyl sites for hydroxylation is 1. The van der Waals surface area contributed by atoms with E-state index in [4.69, 9.17) is 34.8 Å². The summed E-state index contributed by atoms with van der Waals surface area (Å²) in [5, 5.41) is 2.09. The Labute approximate surface area is 110 Å². The van der Waals surface area contributed by atoms with Gasteiger partial charge in [0, 0.05) is 20.6 Å². The van der Waals surface area contributed by atoms with E-state index in [0.29, 0.717) is 10.0 Å². The number of benzene rings is 2. The van der Waals surface area contributed by atoms with Gasteiger partial charge in [-0.25, -0.2) is 0 Å². The number of hydrogen-bond donors (Lipinski definition) is 0. The van der Waals surface area contributed by atoms with E-state index in [1.165, 1.54) is 0 Å². The van der Waals surface area contributed by atoms with E-state index < -0.39 is 0 Å². The second kappa shape index (κ2) is 4.67. The minimum Gasteiger partial charge on any atom is -0.0843 e. The molecule has 0 fully saturated rings. The van der Waals surface area contributed by atoms with Crippen molar-refractivity contribution in [2.24, 2.45) is 0 Å². The zero-order chi connectivity index (χ0) is 11.7. The highest BCUT2D eigenvalue weighted by Gasteiger charge is 2.07. The molecule has 0 unspecified atom stereocenters. The third kappa shape index (κ3) is 2.35. The van der Waals surface area contributed by atoms with Crippen LogP contribution < -0.4 is 0 Å². The maximum absolute atomic E-state index is 6.15. The molecule has 0 aromatic heterocycles. The van der Waals surface area contributed by atoms with Crippen molar-refractivity contribution in [1.29, 1.82) is 0 Å². The number of hydrogen-bond acceptors (Lipinski definition) is 0. The van der Waals surface area contributed by atoms with Crippen LogP contribution in [0.25, 0.3) is 11.1 Å². The SMILES string of the molecule is Cc1cc(Cl)ccc1-c1cc(Cl)ccc1Cl. The number of halogens is 3. The molecule has 0 nitrogen and oxygen atoms in total. The third-order valence-electron chi connectivity index (χ3n) is 2.41. The Bertz CT molecular complexity index is 533. The molecule has 0 atom stereocenters. The zero-order valence-corrected chi connectivity index (χ0v) is 10.9. The first-order chi connectivity index (χ1) is 7.58. The first kappa shape index (κ1) is 11.8. The summed E-state index contributed by atoms with van der Waals surface area (Å²) in [4.78, 5) is 0. The van der Waals surface area contributed by atoms with Crippen LogP contribution in [0.4, 0.5) is 0 Å². The van der Waals surface area contributed by atoms with Crippen LogP contribution >= 0.6 is 34.8 Å². The zero-order valence-electron chi connectivity index (χ0n) is 8.60. The van der Waals surface area contributed by atoms with E-state index in [-0.39, 0.29) is 0 Å². The maximum Gasteiger partial charge on any atom is 0.0485 e. The van der Waals surface area contributed by atoms with Gasteiger partial charge in [-0.05, 0) is 48.4 Å².